The zero-order valence-corrected chi connectivity index (χ0v) is 13.3. The van der Waals surface area contributed by atoms with Crippen LogP contribution in [0.2, 0.25) is 0 Å². The van der Waals surface area contributed by atoms with E-state index in [-0.39, 0.29) is 16.9 Å². The molecule has 1 N–H and O–H groups in total. The molecule has 0 amide bonds. The Morgan fingerprint density at radius 3 is 2.76 bits per heavy atom. The van der Waals surface area contributed by atoms with Crippen molar-refractivity contribution >= 4 is 5.78 Å². The van der Waals surface area contributed by atoms with E-state index in [4.69, 9.17) is 5.21 Å². The molecule has 1 heterocycles. The summed E-state index contributed by atoms with van der Waals surface area (Å²) >= 11 is 0. The van der Waals surface area contributed by atoms with Crippen molar-refractivity contribution in [3.63, 3.8) is 0 Å². The molecule has 0 aromatic rings. The zero-order chi connectivity index (χ0) is 15.4. The van der Waals surface area contributed by atoms with E-state index >= 15 is 0 Å². The van der Waals surface area contributed by atoms with E-state index in [0.29, 0.717) is 31.3 Å². The second-order valence-corrected chi connectivity index (χ2v) is 6.92. The molecule has 1 aliphatic heterocycles. The average molecular weight is 297 g/mol. The maximum absolute atomic E-state index is 12.5. The van der Waals surface area contributed by atoms with Crippen LogP contribution in [0.1, 0.15) is 58.8 Å². The summed E-state index contributed by atoms with van der Waals surface area (Å²) in [7, 11) is 0. The van der Waals surface area contributed by atoms with E-state index in [1.54, 1.807) is 0 Å². The number of ketones is 1. The lowest BCUT2D eigenvalue weighted by molar-refractivity contribution is -0.130. The molecule has 1 aliphatic carbocycles. The second kappa shape index (κ2) is 7.68. The minimum absolute atomic E-state index is 0.0517. The van der Waals surface area contributed by atoms with Gasteiger partial charge in [0.15, 0.2) is 0 Å². The van der Waals surface area contributed by atoms with Crippen molar-refractivity contribution in [2.75, 3.05) is 13.1 Å². The smallest absolute Gasteiger partial charge is 0.149 e. The number of hydroxylamine groups is 2. The van der Waals surface area contributed by atoms with Crippen molar-refractivity contribution in [3.8, 4) is 0 Å². The maximum atomic E-state index is 12.5. The fraction of sp³-hybridized carbons (Fsp3) is 0.938. The molecule has 2 fully saturated rings. The van der Waals surface area contributed by atoms with Crippen molar-refractivity contribution in [3.05, 3.63) is 5.21 Å². The summed E-state index contributed by atoms with van der Waals surface area (Å²) in [6.45, 7) is 5.96. The van der Waals surface area contributed by atoms with E-state index in [1.165, 1.54) is 19.3 Å². The van der Waals surface area contributed by atoms with Gasteiger partial charge in [0.25, 0.3) is 0 Å². The van der Waals surface area contributed by atoms with Gasteiger partial charge in [-0.25, -0.2) is 0 Å². The molecule has 1 saturated heterocycles. The minimum atomic E-state index is -0.394. The van der Waals surface area contributed by atoms with E-state index < -0.39 is 6.04 Å². The van der Waals surface area contributed by atoms with E-state index in [2.05, 4.69) is 18.7 Å². The van der Waals surface area contributed by atoms with Gasteiger partial charge in [0, 0.05) is 24.5 Å². The van der Waals surface area contributed by atoms with Gasteiger partial charge in [0.2, 0.25) is 0 Å². The number of piperidine rings is 1. The van der Waals surface area contributed by atoms with Gasteiger partial charge in [-0.15, -0.1) is 0 Å². The van der Waals surface area contributed by atoms with Gasteiger partial charge in [-0.3, -0.25) is 14.9 Å². The molecule has 122 valence electrons. The van der Waals surface area contributed by atoms with Gasteiger partial charge in [-0.1, -0.05) is 19.8 Å². The number of likely N-dealkylation sites (tertiary alicyclic amines) is 1. The first-order valence-electron chi connectivity index (χ1n) is 8.43. The lowest BCUT2D eigenvalue weighted by Crippen LogP contribution is -2.46. The van der Waals surface area contributed by atoms with Crippen LogP contribution in [0.15, 0.2) is 0 Å². The maximum Gasteiger partial charge on any atom is 0.149 e. The summed E-state index contributed by atoms with van der Waals surface area (Å²) in [6, 6.07) is 0.0832. The van der Waals surface area contributed by atoms with Crippen molar-refractivity contribution in [2.24, 2.45) is 11.8 Å². The molecule has 0 spiro atoms. The highest BCUT2D eigenvalue weighted by molar-refractivity contribution is 5.83. The number of hydrogen-bond acceptors (Lipinski definition) is 5. The molecular formula is C16H29N2O3-. The Hall–Kier alpha value is -0.490. The van der Waals surface area contributed by atoms with Crippen molar-refractivity contribution in [1.29, 1.82) is 0 Å². The van der Waals surface area contributed by atoms with Gasteiger partial charge in [-0.2, -0.15) is 0 Å². The van der Waals surface area contributed by atoms with Crippen molar-refractivity contribution in [1.82, 2.24) is 10.1 Å². The third-order valence-electron chi connectivity index (χ3n) is 5.46. The first-order valence-corrected chi connectivity index (χ1v) is 8.43. The summed E-state index contributed by atoms with van der Waals surface area (Å²) in [4.78, 5) is 14.8. The molecule has 5 nitrogen and oxygen atoms in total. The van der Waals surface area contributed by atoms with Crippen LogP contribution in [0.4, 0.5) is 0 Å². The Balaban J connectivity index is 1.87. The zero-order valence-electron chi connectivity index (χ0n) is 13.3. The molecule has 1 saturated carbocycles. The van der Waals surface area contributed by atoms with Gasteiger partial charge < -0.3 is 10.4 Å². The third-order valence-corrected chi connectivity index (χ3v) is 5.46. The lowest BCUT2D eigenvalue weighted by Gasteiger charge is -2.40. The van der Waals surface area contributed by atoms with Crippen LogP contribution in [0, 0.1) is 17.0 Å². The van der Waals surface area contributed by atoms with Crippen LogP contribution >= 0.6 is 0 Å². The molecule has 21 heavy (non-hydrogen) atoms. The number of hydrogen-bond donors (Lipinski definition) is 1. The molecular weight excluding hydrogens is 268 g/mol. The molecule has 4 unspecified atom stereocenters. The molecule has 0 aromatic heterocycles. The number of rotatable bonds is 5. The first kappa shape index (κ1) is 16.9. The topological polar surface area (TPSA) is 66.8 Å². The van der Waals surface area contributed by atoms with Crippen molar-refractivity contribution in [2.45, 2.75) is 70.9 Å². The van der Waals surface area contributed by atoms with E-state index in [9.17, 15) is 10.0 Å². The highest BCUT2D eigenvalue weighted by atomic mass is 16.8. The quantitative estimate of drug-likeness (QED) is 0.790. The summed E-state index contributed by atoms with van der Waals surface area (Å²) in [6.07, 6.45) is 6.54. The first-order chi connectivity index (χ1) is 10.0. The van der Waals surface area contributed by atoms with Crippen LogP contribution in [0.3, 0.4) is 0 Å². The second-order valence-electron chi connectivity index (χ2n) is 6.92. The Morgan fingerprint density at radius 2 is 2.10 bits per heavy atom. The van der Waals surface area contributed by atoms with Crippen LogP contribution in [0.25, 0.3) is 0 Å². The summed E-state index contributed by atoms with van der Waals surface area (Å²) < 4.78 is 0. The Labute approximate surface area is 127 Å². The monoisotopic (exact) mass is 297 g/mol. The highest BCUT2D eigenvalue weighted by Gasteiger charge is 2.31. The fourth-order valence-electron chi connectivity index (χ4n) is 3.80. The Morgan fingerprint density at radius 1 is 1.33 bits per heavy atom. The third kappa shape index (κ3) is 4.49. The number of carbonyl (C=O) groups excluding carboxylic acids is 1. The fourth-order valence-corrected chi connectivity index (χ4v) is 3.80. The van der Waals surface area contributed by atoms with Gasteiger partial charge >= 0.3 is 0 Å². The van der Waals surface area contributed by atoms with E-state index in [0.717, 1.165) is 19.4 Å². The molecule has 5 heteroatoms. The SMILES string of the molecule is CCC1CCC(C)N(CC(=O)C2CCCC(N([O-])O)C2)C1. The van der Waals surface area contributed by atoms with Crippen LogP contribution in [0.5, 0.6) is 0 Å². The highest BCUT2D eigenvalue weighted by Crippen LogP contribution is 2.29. The van der Waals surface area contributed by atoms with Gasteiger partial charge in [-0.05, 0) is 44.9 Å². The summed E-state index contributed by atoms with van der Waals surface area (Å²) in [5, 5.41) is 20.2. The number of Topliss-reactive ketones (excluding diaryl/α,β-unsaturated/α-hetero) is 1. The molecule has 0 radical (unpaired) electrons. The van der Waals surface area contributed by atoms with Crippen LogP contribution < -0.4 is 0 Å². The van der Waals surface area contributed by atoms with Crippen molar-refractivity contribution < 1.29 is 10.0 Å². The number of nitrogens with zero attached hydrogens (tertiary/aromatic N) is 2. The minimum Gasteiger partial charge on any atom is -0.762 e. The molecule has 2 rings (SSSR count). The molecule has 4 atom stereocenters. The largest absolute Gasteiger partial charge is 0.762 e. The Kier molecular flexibility index (Phi) is 6.17. The average Bonchev–Trinajstić information content (AvgIpc) is 2.49. The van der Waals surface area contributed by atoms with Gasteiger partial charge in [0.05, 0.1) is 6.54 Å². The summed E-state index contributed by atoms with van der Waals surface area (Å²) in [5.41, 5.74) is 0. The molecule has 0 aromatic carbocycles. The Bertz CT molecular complexity index is 348. The van der Waals surface area contributed by atoms with Crippen LogP contribution in [-0.2, 0) is 4.79 Å². The number of carbonyl (C=O) groups is 1. The summed E-state index contributed by atoms with van der Waals surface area (Å²) in [5.74, 6) is 0.911. The van der Waals surface area contributed by atoms with Crippen LogP contribution in [-0.4, -0.2) is 46.3 Å². The normalized spacial score (nSPS) is 35.1. The lowest BCUT2D eigenvalue weighted by atomic mass is 9.82. The predicted octanol–water partition coefficient (Wildman–Crippen LogP) is 2.81. The van der Waals surface area contributed by atoms with Gasteiger partial charge in [0.1, 0.15) is 5.78 Å². The molecule has 0 bridgehead atoms. The molecule has 2 aliphatic rings. The standard InChI is InChI=1S/C16H29N2O3/c1-3-13-8-7-12(2)17(10-13)11-16(19)14-5-4-6-15(9-14)18(20)21/h12-15,20H,3-11H2,1-2H3/q-1. The predicted molar refractivity (Wildman–Crippen MR) is 81.8 cm³/mol. The van der Waals surface area contributed by atoms with E-state index in [1.807, 2.05) is 0 Å².